The fraction of sp³-hybridized carbons (Fsp3) is 0.154. The molecule has 178 valence electrons. The van der Waals surface area contributed by atoms with Gasteiger partial charge < -0.3 is 9.84 Å². The van der Waals surface area contributed by atoms with E-state index in [9.17, 15) is 14.7 Å². The molecule has 0 aliphatic rings. The molecule has 0 fully saturated rings. The van der Waals surface area contributed by atoms with Crippen molar-refractivity contribution in [3.63, 3.8) is 0 Å². The second kappa shape index (κ2) is 10.9. The lowest BCUT2D eigenvalue weighted by Crippen LogP contribution is -2.24. The number of nitrogens with one attached hydrogen (secondary N) is 1. The summed E-state index contributed by atoms with van der Waals surface area (Å²) in [7, 11) is 0. The number of hydrogen-bond donors (Lipinski definition) is 2. The predicted octanol–water partition coefficient (Wildman–Crippen LogP) is 4.04. The third-order valence-corrected chi connectivity index (χ3v) is 5.99. The highest BCUT2D eigenvalue weighted by molar-refractivity contribution is 7.99. The second-order valence-corrected chi connectivity index (χ2v) is 8.57. The Bertz CT molecular complexity index is 1450. The highest BCUT2D eigenvalue weighted by Crippen LogP contribution is 2.26. The first-order valence-electron chi connectivity index (χ1n) is 11.0. The average Bonchev–Trinajstić information content (AvgIpc) is 2.86. The van der Waals surface area contributed by atoms with Gasteiger partial charge in [0.05, 0.1) is 35.2 Å². The van der Waals surface area contributed by atoms with Crippen LogP contribution < -0.4 is 15.7 Å². The van der Waals surface area contributed by atoms with Gasteiger partial charge in [-0.3, -0.25) is 14.2 Å². The van der Waals surface area contributed by atoms with Gasteiger partial charge in [-0.15, -0.1) is 0 Å². The Kier molecular flexibility index (Phi) is 7.47. The summed E-state index contributed by atoms with van der Waals surface area (Å²) in [6.45, 7) is 4.21. The molecular formula is C26H24N4O4S. The van der Waals surface area contributed by atoms with Crippen molar-refractivity contribution < 1.29 is 14.6 Å². The number of carbonyl (C=O) groups excluding carboxylic acids is 1. The Balaban J connectivity index is 1.51. The maximum Gasteiger partial charge on any atom is 0.266 e. The molecule has 2 N–H and O–H groups in total. The van der Waals surface area contributed by atoms with E-state index in [1.165, 1.54) is 16.8 Å². The van der Waals surface area contributed by atoms with E-state index < -0.39 is 0 Å². The molecule has 35 heavy (non-hydrogen) atoms. The van der Waals surface area contributed by atoms with Crippen LogP contribution in [-0.2, 0) is 4.79 Å². The molecule has 0 spiro atoms. The van der Waals surface area contributed by atoms with Crippen LogP contribution in [0.15, 0.2) is 81.8 Å². The second-order valence-electron chi connectivity index (χ2n) is 7.63. The van der Waals surface area contributed by atoms with E-state index in [0.29, 0.717) is 39.7 Å². The molecule has 1 amide bonds. The van der Waals surface area contributed by atoms with Gasteiger partial charge in [-0.05, 0) is 61.9 Å². The van der Waals surface area contributed by atoms with Crippen molar-refractivity contribution in [2.75, 3.05) is 12.4 Å². The molecule has 0 radical (unpaired) electrons. The largest absolute Gasteiger partial charge is 0.504 e. The number of amides is 1. The molecule has 0 atom stereocenters. The zero-order chi connectivity index (χ0) is 24.8. The lowest BCUT2D eigenvalue weighted by atomic mass is 10.2. The molecule has 0 aliphatic heterocycles. The van der Waals surface area contributed by atoms with Gasteiger partial charge in [0, 0.05) is 0 Å². The number of hydrazone groups is 1. The average molecular weight is 489 g/mol. The Morgan fingerprint density at radius 3 is 2.71 bits per heavy atom. The number of rotatable bonds is 8. The molecule has 0 bridgehead atoms. The van der Waals surface area contributed by atoms with Crippen molar-refractivity contribution >= 4 is 34.8 Å². The quantitative estimate of drug-likeness (QED) is 0.168. The molecule has 0 unspecified atom stereocenters. The topological polar surface area (TPSA) is 106 Å². The summed E-state index contributed by atoms with van der Waals surface area (Å²) in [4.78, 5) is 30.3. The summed E-state index contributed by atoms with van der Waals surface area (Å²) in [6.07, 6.45) is 1.46. The molecule has 0 saturated carbocycles. The van der Waals surface area contributed by atoms with Crippen molar-refractivity contribution in [2.45, 2.75) is 19.0 Å². The number of carbonyl (C=O) groups is 1. The molecule has 1 aromatic heterocycles. The lowest BCUT2D eigenvalue weighted by Gasteiger charge is -2.13. The standard InChI is InChI=1S/C26H24N4O4S/c1-3-34-23-14-18(10-13-22(23)31)15-27-29-24(32)16-35-26-28-21-7-5-4-6-20(21)25(33)30(26)19-11-8-17(2)9-12-19/h4-15,31H,3,16H2,1-2H3,(H,29,32)/b27-15-. The number of para-hydroxylation sites is 1. The first kappa shape index (κ1) is 24.0. The van der Waals surface area contributed by atoms with E-state index in [1.807, 2.05) is 44.2 Å². The minimum atomic E-state index is -0.354. The van der Waals surface area contributed by atoms with Gasteiger partial charge in [0.15, 0.2) is 16.7 Å². The van der Waals surface area contributed by atoms with Gasteiger partial charge in [-0.1, -0.05) is 41.6 Å². The Morgan fingerprint density at radius 2 is 1.94 bits per heavy atom. The first-order chi connectivity index (χ1) is 17.0. The van der Waals surface area contributed by atoms with E-state index in [1.54, 1.807) is 30.3 Å². The SMILES string of the molecule is CCOc1cc(/C=N\NC(=O)CSc2nc3ccccc3c(=O)n2-c2ccc(C)cc2)ccc1O. The van der Waals surface area contributed by atoms with Crippen molar-refractivity contribution in [3.05, 3.63) is 88.2 Å². The first-order valence-corrected chi connectivity index (χ1v) is 11.9. The number of nitrogens with zero attached hydrogens (tertiary/aromatic N) is 3. The van der Waals surface area contributed by atoms with Gasteiger partial charge in [-0.2, -0.15) is 5.10 Å². The number of ether oxygens (including phenoxy) is 1. The number of aromatic hydroxyl groups is 1. The van der Waals surface area contributed by atoms with Crippen LogP contribution in [0.25, 0.3) is 16.6 Å². The van der Waals surface area contributed by atoms with E-state index in [0.717, 1.165) is 17.3 Å². The number of aryl methyl sites for hydroxylation is 1. The van der Waals surface area contributed by atoms with E-state index in [4.69, 9.17) is 4.74 Å². The number of phenols is 1. The fourth-order valence-electron chi connectivity index (χ4n) is 3.35. The Hall–Kier alpha value is -4.11. The molecule has 0 saturated heterocycles. The van der Waals surface area contributed by atoms with Crippen LogP contribution in [0.4, 0.5) is 0 Å². The van der Waals surface area contributed by atoms with Crippen molar-refractivity contribution in [1.82, 2.24) is 15.0 Å². The fourth-order valence-corrected chi connectivity index (χ4v) is 4.16. The number of thioether (sulfide) groups is 1. The van der Waals surface area contributed by atoms with Crippen LogP contribution in [0.2, 0.25) is 0 Å². The highest BCUT2D eigenvalue weighted by atomic mass is 32.2. The number of fused-ring (bicyclic) bond motifs is 1. The van der Waals surface area contributed by atoms with E-state index in [-0.39, 0.29) is 23.0 Å². The molecule has 8 nitrogen and oxygen atoms in total. The zero-order valence-electron chi connectivity index (χ0n) is 19.3. The summed E-state index contributed by atoms with van der Waals surface area (Å²) in [5.41, 5.74) is 5.26. The van der Waals surface area contributed by atoms with Gasteiger partial charge in [0.1, 0.15) is 0 Å². The maximum absolute atomic E-state index is 13.3. The number of aromatic nitrogens is 2. The van der Waals surface area contributed by atoms with Gasteiger partial charge in [0.2, 0.25) is 0 Å². The minimum Gasteiger partial charge on any atom is -0.504 e. The van der Waals surface area contributed by atoms with Crippen LogP contribution in [0, 0.1) is 6.92 Å². The van der Waals surface area contributed by atoms with Crippen LogP contribution in [0.1, 0.15) is 18.1 Å². The third-order valence-electron chi connectivity index (χ3n) is 5.06. The minimum absolute atomic E-state index is 0.00769. The van der Waals surface area contributed by atoms with Crippen LogP contribution >= 0.6 is 11.8 Å². The van der Waals surface area contributed by atoms with Crippen molar-refractivity contribution in [1.29, 1.82) is 0 Å². The molecule has 4 rings (SSSR count). The molecule has 3 aromatic carbocycles. The van der Waals surface area contributed by atoms with Crippen molar-refractivity contribution in [2.24, 2.45) is 5.10 Å². The predicted molar refractivity (Wildman–Crippen MR) is 138 cm³/mol. The van der Waals surface area contributed by atoms with Crippen LogP contribution in [0.5, 0.6) is 11.5 Å². The van der Waals surface area contributed by atoms with Crippen molar-refractivity contribution in [3.8, 4) is 17.2 Å². The smallest absolute Gasteiger partial charge is 0.266 e. The maximum atomic E-state index is 13.3. The summed E-state index contributed by atoms with van der Waals surface area (Å²) < 4.78 is 6.87. The van der Waals surface area contributed by atoms with Crippen LogP contribution in [-0.4, -0.2) is 39.1 Å². The van der Waals surface area contributed by atoms with E-state index in [2.05, 4.69) is 15.5 Å². The Labute approximate surface area is 206 Å². The highest BCUT2D eigenvalue weighted by Gasteiger charge is 2.14. The van der Waals surface area contributed by atoms with Gasteiger partial charge in [-0.25, -0.2) is 10.4 Å². The number of hydrogen-bond acceptors (Lipinski definition) is 7. The number of benzene rings is 3. The van der Waals surface area contributed by atoms with E-state index >= 15 is 0 Å². The summed E-state index contributed by atoms with van der Waals surface area (Å²) in [6, 6.07) is 19.5. The molecule has 9 heteroatoms. The van der Waals surface area contributed by atoms with Gasteiger partial charge >= 0.3 is 0 Å². The normalized spacial score (nSPS) is 11.1. The molecular weight excluding hydrogens is 464 g/mol. The zero-order valence-corrected chi connectivity index (χ0v) is 20.1. The van der Waals surface area contributed by atoms with Crippen LogP contribution in [0.3, 0.4) is 0 Å². The summed E-state index contributed by atoms with van der Waals surface area (Å²) in [5, 5.41) is 14.7. The molecule has 0 aliphatic carbocycles. The molecule has 1 heterocycles. The summed E-state index contributed by atoms with van der Waals surface area (Å²) in [5.74, 6) is 0.0305. The third kappa shape index (κ3) is 5.70. The lowest BCUT2D eigenvalue weighted by molar-refractivity contribution is -0.118. The van der Waals surface area contributed by atoms with Gasteiger partial charge in [0.25, 0.3) is 11.5 Å². The number of phenolic OH excluding ortho intramolecular Hbond substituents is 1. The molecule has 4 aromatic rings. The Morgan fingerprint density at radius 1 is 1.17 bits per heavy atom. The summed E-state index contributed by atoms with van der Waals surface area (Å²) >= 11 is 1.15. The monoisotopic (exact) mass is 488 g/mol.